The maximum atomic E-state index is 12.4. The van der Waals surface area contributed by atoms with Crippen molar-refractivity contribution in [3.05, 3.63) is 81.1 Å². The predicted molar refractivity (Wildman–Crippen MR) is 102 cm³/mol. The summed E-state index contributed by atoms with van der Waals surface area (Å²) in [6.45, 7) is 4.44. The van der Waals surface area contributed by atoms with Gasteiger partial charge in [-0.3, -0.25) is 9.48 Å². The van der Waals surface area contributed by atoms with Gasteiger partial charge < -0.3 is 5.32 Å². The van der Waals surface area contributed by atoms with E-state index in [1.807, 2.05) is 38.1 Å². The van der Waals surface area contributed by atoms with E-state index in [0.29, 0.717) is 27.8 Å². The van der Waals surface area contributed by atoms with Gasteiger partial charge in [-0.15, -0.1) is 0 Å². The Morgan fingerprint density at radius 3 is 2.52 bits per heavy atom. The van der Waals surface area contributed by atoms with Gasteiger partial charge >= 0.3 is 0 Å². The van der Waals surface area contributed by atoms with Gasteiger partial charge in [0.2, 0.25) is 0 Å². The van der Waals surface area contributed by atoms with Crippen LogP contribution in [0.15, 0.2) is 48.8 Å². The molecule has 25 heavy (non-hydrogen) atoms. The van der Waals surface area contributed by atoms with Crippen LogP contribution >= 0.6 is 23.2 Å². The lowest BCUT2D eigenvalue weighted by Gasteiger charge is -2.06. The molecule has 1 aromatic heterocycles. The molecule has 6 heteroatoms. The zero-order valence-corrected chi connectivity index (χ0v) is 15.4. The molecule has 0 bridgehead atoms. The van der Waals surface area contributed by atoms with Gasteiger partial charge in [-0.05, 0) is 43.7 Å². The van der Waals surface area contributed by atoms with E-state index in [0.717, 1.165) is 16.7 Å². The fourth-order valence-corrected chi connectivity index (χ4v) is 3.12. The fourth-order valence-electron chi connectivity index (χ4n) is 2.65. The summed E-state index contributed by atoms with van der Waals surface area (Å²) in [5.41, 5.74) is 4.28. The summed E-state index contributed by atoms with van der Waals surface area (Å²) in [5, 5.41) is 8.31. The molecule has 3 rings (SSSR count). The zero-order chi connectivity index (χ0) is 18.0. The predicted octanol–water partition coefficient (Wildman–Crippen LogP) is 5.11. The number of benzene rings is 2. The highest BCUT2D eigenvalue weighted by Crippen LogP contribution is 2.22. The number of halogens is 2. The molecule has 0 saturated carbocycles. The van der Waals surface area contributed by atoms with Crippen molar-refractivity contribution in [2.45, 2.75) is 20.4 Å². The highest BCUT2D eigenvalue weighted by Gasteiger charge is 2.09. The Hall–Kier alpha value is -2.30. The number of nitrogens with zero attached hydrogens (tertiary/aromatic N) is 2. The van der Waals surface area contributed by atoms with Gasteiger partial charge in [0.05, 0.1) is 18.4 Å². The smallest absolute Gasteiger partial charge is 0.255 e. The molecular weight excluding hydrogens is 357 g/mol. The molecule has 1 N–H and O–H groups in total. The topological polar surface area (TPSA) is 46.9 Å². The summed E-state index contributed by atoms with van der Waals surface area (Å²) >= 11 is 12.1. The Morgan fingerprint density at radius 1 is 1.12 bits per heavy atom. The molecule has 0 aliphatic rings. The summed E-state index contributed by atoms with van der Waals surface area (Å²) in [7, 11) is 0. The van der Waals surface area contributed by atoms with Crippen molar-refractivity contribution in [2.24, 2.45) is 0 Å². The van der Waals surface area contributed by atoms with Crippen LogP contribution in [0.3, 0.4) is 0 Å². The first-order chi connectivity index (χ1) is 11.9. The lowest BCUT2D eigenvalue weighted by molar-refractivity contribution is 0.102. The van der Waals surface area contributed by atoms with Crippen LogP contribution in [0, 0.1) is 13.8 Å². The van der Waals surface area contributed by atoms with E-state index in [2.05, 4.69) is 10.4 Å². The monoisotopic (exact) mass is 373 g/mol. The first-order valence-electron chi connectivity index (χ1n) is 7.77. The third-order valence-corrected chi connectivity index (χ3v) is 4.31. The standard InChI is InChI=1S/C19H17Cl2N3O/c1-12-5-13(2)7-15(6-12)19(25)23-17-9-22-24(11-17)10-14-3-4-16(20)8-18(14)21/h3-9,11H,10H2,1-2H3,(H,23,25). The van der Waals surface area contributed by atoms with E-state index in [1.165, 1.54) is 0 Å². The molecule has 0 unspecified atom stereocenters. The Kier molecular flexibility index (Phi) is 5.11. The summed E-state index contributed by atoms with van der Waals surface area (Å²) in [5.74, 6) is -0.157. The molecule has 0 spiro atoms. The minimum atomic E-state index is -0.157. The number of aromatic nitrogens is 2. The molecule has 1 amide bonds. The summed E-state index contributed by atoms with van der Waals surface area (Å²) in [6.07, 6.45) is 3.38. The second kappa shape index (κ2) is 7.30. The van der Waals surface area contributed by atoms with Gasteiger partial charge in [-0.25, -0.2) is 0 Å². The fraction of sp³-hybridized carbons (Fsp3) is 0.158. The largest absolute Gasteiger partial charge is 0.319 e. The van der Waals surface area contributed by atoms with Gasteiger partial charge in [0.25, 0.3) is 5.91 Å². The van der Waals surface area contributed by atoms with E-state index < -0.39 is 0 Å². The molecule has 0 saturated heterocycles. The van der Waals surface area contributed by atoms with Crippen LogP contribution < -0.4 is 5.32 Å². The van der Waals surface area contributed by atoms with Crippen LogP contribution in [-0.4, -0.2) is 15.7 Å². The van der Waals surface area contributed by atoms with Crippen molar-refractivity contribution < 1.29 is 4.79 Å². The van der Waals surface area contributed by atoms with Crippen LogP contribution in [0.4, 0.5) is 5.69 Å². The SMILES string of the molecule is Cc1cc(C)cc(C(=O)Nc2cnn(Cc3ccc(Cl)cc3Cl)c2)c1. The highest BCUT2D eigenvalue weighted by atomic mass is 35.5. The average Bonchev–Trinajstić information content (AvgIpc) is 2.96. The maximum absolute atomic E-state index is 12.4. The van der Waals surface area contributed by atoms with Crippen molar-refractivity contribution in [3.8, 4) is 0 Å². The van der Waals surface area contributed by atoms with Gasteiger partial charge in [0.1, 0.15) is 0 Å². The van der Waals surface area contributed by atoms with Gasteiger partial charge in [0.15, 0.2) is 0 Å². The highest BCUT2D eigenvalue weighted by molar-refractivity contribution is 6.35. The second-order valence-electron chi connectivity index (χ2n) is 5.99. The summed E-state index contributed by atoms with van der Waals surface area (Å²) in [4.78, 5) is 12.4. The Bertz CT molecular complexity index is 914. The third kappa shape index (κ3) is 4.41. The Morgan fingerprint density at radius 2 is 1.84 bits per heavy atom. The lowest BCUT2D eigenvalue weighted by Crippen LogP contribution is -2.12. The first-order valence-corrected chi connectivity index (χ1v) is 8.52. The van der Waals surface area contributed by atoms with Gasteiger partial charge in [0, 0.05) is 21.8 Å². The van der Waals surface area contributed by atoms with E-state index in [-0.39, 0.29) is 5.91 Å². The number of amides is 1. The van der Waals surface area contributed by atoms with Crippen LogP contribution in [0.1, 0.15) is 27.0 Å². The number of carbonyl (C=O) groups is 1. The van der Waals surface area contributed by atoms with Crippen molar-refractivity contribution in [1.82, 2.24) is 9.78 Å². The van der Waals surface area contributed by atoms with E-state index >= 15 is 0 Å². The van der Waals surface area contributed by atoms with Crippen LogP contribution in [0.25, 0.3) is 0 Å². The number of hydrogen-bond donors (Lipinski definition) is 1. The average molecular weight is 374 g/mol. The first kappa shape index (κ1) is 17.5. The second-order valence-corrected chi connectivity index (χ2v) is 6.84. The third-order valence-electron chi connectivity index (χ3n) is 3.72. The van der Waals surface area contributed by atoms with Crippen molar-refractivity contribution in [2.75, 3.05) is 5.32 Å². The molecule has 3 aromatic rings. The van der Waals surface area contributed by atoms with Crippen molar-refractivity contribution >= 4 is 34.8 Å². The van der Waals surface area contributed by atoms with Gasteiger partial charge in [-0.2, -0.15) is 5.10 Å². The van der Waals surface area contributed by atoms with E-state index in [9.17, 15) is 4.79 Å². The van der Waals surface area contributed by atoms with E-state index in [1.54, 1.807) is 29.2 Å². The van der Waals surface area contributed by atoms with Gasteiger partial charge in [-0.1, -0.05) is 46.5 Å². The molecule has 0 atom stereocenters. The molecule has 0 radical (unpaired) electrons. The number of nitrogens with one attached hydrogen (secondary N) is 1. The minimum Gasteiger partial charge on any atom is -0.319 e. The molecular formula is C19H17Cl2N3O. The zero-order valence-electron chi connectivity index (χ0n) is 13.9. The molecule has 0 aliphatic heterocycles. The molecule has 2 aromatic carbocycles. The van der Waals surface area contributed by atoms with Crippen LogP contribution in [0.2, 0.25) is 10.0 Å². The molecule has 128 valence electrons. The molecule has 0 aliphatic carbocycles. The van der Waals surface area contributed by atoms with Crippen LogP contribution in [-0.2, 0) is 6.54 Å². The molecule has 4 nitrogen and oxygen atoms in total. The number of carbonyl (C=O) groups excluding carboxylic acids is 1. The molecule has 0 fully saturated rings. The van der Waals surface area contributed by atoms with E-state index in [4.69, 9.17) is 23.2 Å². The lowest BCUT2D eigenvalue weighted by atomic mass is 10.1. The summed E-state index contributed by atoms with van der Waals surface area (Å²) < 4.78 is 1.71. The minimum absolute atomic E-state index is 0.157. The van der Waals surface area contributed by atoms with Crippen molar-refractivity contribution in [1.29, 1.82) is 0 Å². The number of aryl methyl sites for hydroxylation is 2. The normalized spacial score (nSPS) is 10.7. The number of hydrogen-bond acceptors (Lipinski definition) is 2. The van der Waals surface area contributed by atoms with Crippen LogP contribution in [0.5, 0.6) is 0 Å². The Labute approximate surface area is 156 Å². The number of anilines is 1. The maximum Gasteiger partial charge on any atom is 0.255 e. The van der Waals surface area contributed by atoms with Crippen molar-refractivity contribution in [3.63, 3.8) is 0 Å². The summed E-state index contributed by atoms with van der Waals surface area (Å²) in [6, 6.07) is 11.1. The quantitative estimate of drug-likeness (QED) is 0.690. The molecule has 1 heterocycles. The number of rotatable bonds is 4. The Balaban J connectivity index is 1.72.